The van der Waals surface area contributed by atoms with Crippen molar-refractivity contribution in [1.29, 1.82) is 0 Å². The molecule has 0 radical (unpaired) electrons. The Morgan fingerprint density at radius 1 is 1.00 bits per heavy atom. The Labute approximate surface area is 210 Å². The number of imide groups is 1. The molecular weight excluding hydrogens is 474 g/mol. The Balaban J connectivity index is 1.35. The van der Waals surface area contributed by atoms with Gasteiger partial charge in [0, 0.05) is 17.7 Å². The van der Waals surface area contributed by atoms with Crippen LogP contribution in [0.4, 0.5) is 4.79 Å². The van der Waals surface area contributed by atoms with Crippen LogP contribution < -0.4 is 20.9 Å². The monoisotopic (exact) mass is 495 g/mol. The van der Waals surface area contributed by atoms with E-state index < -0.39 is 17.5 Å². The first-order chi connectivity index (χ1) is 17.9. The number of carbonyl (C=O) groups is 3. The third kappa shape index (κ3) is 3.61. The van der Waals surface area contributed by atoms with Gasteiger partial charge in [-0.3, -0.25) is 19.7 Å². The summed E-state index contributed by atoms with van der Waals surface area (Å²) in [7, 11) is 1.53. The summed E-state index contributed by atoms with van der Waals surface area (Å²) in [5.74, 6) is -0.262. The highest BCUT2D eigenvalue weighted by atomic mass is 16.5. The summed E-state index contributed by atoms with van der Waals surface area (Å²) < 4.78 is 5.24. The van der Waals surface area contributed by atoms with E-state index in [1.165, 1.54) is 12.0 Å². The fourth-order valence-corrected chi connectivity index (χ4v) is 4.92. The maximum absolute atomic E-state index is 13.2. The lowest BCUT2D eigenvalue weighted by Gasteiger charge is -2.31. The Kier molecular flexibility index (Phi) is 5.04. The van der Waals surface area contributed by atoms with Gasteiger partial charge >= 0.3 is 6.03 Å². The summed E-state index contributed by atoms with van der Waals surface area (Å²) in [6, 6.07) is 18.5. The molecule has 3 aromatic carbocycles. The first-order valence-corrected chi connectivity index (χ1v) is 11.6. The molecule has 37 heavy (non-hydrogen) atoms. The number of ether oxygens (including phenoxy) is 1. The van der Waals surface area contributed by atoms with Crippen LogP contribution in [0.3, 0.4) is 0 Å². The van der Waals surface area contributed by atoms with Gasteiger partial charge < -0.3 is 19.9 Å². The van der Waals surface area contributed by atoms with Gasteiger partial charge in [-0.15, -0.1) is 0 Å². The van der Waals surface area contributed by atoms with E-state index in [-0.39, 0.29) is 30.2 Å². The molecule has 0 spiro atoms. The summed E-state index contributed by atoms with van der Waals surface area (Å²) in [5.41, 5.74) is 1.99. The lowest BCUT2D eigenvalue weighted by atomic mass is 9.88. The third-order valence-corrected chi connectivity index (χ3v) is 6.82. The predicted octanol–water partition coefficient (Wildman–Crippen LogP) is 2.29. The Morgan fingerprint density at radius 3 is 2.51 bits per heavy atom. The second-order valence-corrected chi connectivity index (χ2v) is 9.01. The van der Waals surface area contributed by atoms with E-state index in [0.717, 1.165) is 5.56 Å². The summed E-state index contributed by atoms with van der Waals surface area (Å²) >= 11 is 0. The molecule has 3 N–H and O–H groups in total. The van der Waals surface area contributed by atoms with Crippen LogP contribution in [0.15, 0.2) is 71.5 Å². The maximum atomic E-state index is 13.2. The molecule has 3 heterocycles. The molecule has 1 saturated heterocycles. The van der Waals surface area contributed by atoms with Crippen LogP contribution in [-0.4, -0.2) is 46.4 Å². The van der Waals surface area contributed by atoms with E-state index >= 15 is 0 Å². The number of rotatable bonds is 5. The molecule has 4 amide bonds. The number of hydrogen-bond donors (Lipinski definition) is 3. The van der Waals surface area contributed by atoms with Crippen LogP contribution >= 0.6 is 0 Å². The number of para-hydroxylation sites is 2. The normalized spacial score (nSPS) is 18.6. The number of H-pyrrole nitrogens is 1. The zero-order chi connectivity index (χ0) is 25.7. The molecule has 0 aliphatic carbocycles. The van der Waals surface area contributed by atoms with Crippen molar-refractivity contribution in [2.24, 2.45) is 0 Å². The van der Waals surface area contributed by atoms with Crippen LogP contribution in [-0.2, 0) is 16.9 Å². The molecule has 2 aliphatic heterocycles. The van der Waals surface area contributed by atoms with Crippen LogP contribution in [0.5, 0.6) is 5.75 Å². The standard InChI is InChI=1S/C27H21N5O5/c1-37-18-11-8-16-13-32(24(34)19(16)12-18)14-27(25(35)30-26(36)31-27)17-9-6-15(7-10-17)22-23(33)29-21-5-3-2-4-20(21)28-22/h2-12H,13-14H2,1H3,(H,29,33)(H2,30,31,35,36). The number of fused-ring (bicyclic) bond motifs is 2. The number of benzene rings is 3. The fraction of sp³-hybridized carbons (Fsp3) is 0.148. The molecule has 1 unspecified atom stereocenters. The number of amides is 4. The number of aromatic amines is 1. The molecule has 6 rings (SSSR count). The van der Waals surface area contributed by atoms with Gasteiger partial charge in [-0.2, -0.15) is 0 Å². The second kappa shape index (κ2) is 8.30. The number of carbonyl (C=O) groups excluding carboxylic acids is 3. The highest BCUT2D eigenvalue weighted by Gasteiger charge is 2.50. The smallest absolute Gasteiger partial charge is 0.322 e. The first-order valence-electron chi connectivity index (χ1n) is 11.6. The van der Waals surface area contributed by atoms with Crippen molar-refractivity contribution in [2.75, 3.05) is 13.7 Å². The summed E-state index contributed by atoms with van der Waals surface area (Å²) in [6.07, 6.45) is 0. The molecule has 184 valence electrons. The van der Waals surface area contributed by atoms with Crippen LogP contribution in [0.2, 0.25) is 0 Å². The lowest BCUT2D eigenvalue weighted by Crippen LogP contribution is -2.52. The van der Waals surface area contributed by atoms with Gasteiger partial charge in [0.1, 0.15) is 11.4 Å². The van der Waals surface area contributed by atoms with Crippen LogP contribution in [0.25, 0.3) is 22.3 Å². The van der Waals surface area contributed by atoms with Gasteiger partial charge in [0.15, 0.2) is 5.54 Å². The topological polar surface area (TPSA) is 133 Å². The maximum Gasteiger partial charge on any atom is 0.322 e. The molecule has 1 aromatic heterocycles. The number of urea groups is 1. The molecule has 2 aliphatic rings. The number of aromatic nitrogens is 2. The Hall–Kier alpha value is -4.99. The molecule has 10 nitrogen and oxygen atoms in total. The average Bonchev–Trinajstić information content (AvgIpc) is 3.37. The number of nitrogens with zero attached hydrogens (tertiary/aromatic N) is 2. The summed E-state index contributed by atoms with van der Waals surface area (Å²) in [5, 5.41) is 5.02. The minimum atomic E-state index is -1.50. The number of nitrogens with one attached hydrogen (secondary N) is 3. The zero-order valence-corrected chi connectivity index (χ0v) is 19.7. The third-order valence-electron chi connectivity index (χ3n) is 6.82. The number of hydrogen-bond acceptors (Lipinski definition) is 6. The van der Waals surface area contributed by atoms with Gasteiger partial charge in [-0.25, -0.2) is 9.78 Å². The van der Waals surface area contributed by atoms with Gasteiger partial charge in [-0.1, -0.05) is 42.5 Å². The fourth-order valence-electron chi connectivity index (χ4n) is 4.92. The van der Waals surface area contributed by atoms with Gasteiger partial charge in [0.25, 0.3) is 17.4 Å². The molecular formula is C27H21N5O5. The lowest BCUT2D eigenvalue weighted by molar-refractivity contribution is -0.124. The van der Waals surface area contributed by atoms with E-state index in [0.29, 0.717) is 33.5 Å². The SMILES string of the molecule is COc1ccc2c(c1)C(=O)N(CC1(c3ccc(-c4nc5ccccc5[nH]c4=O)cc3)NC(=O)NC1=O)C2. The molecule has 1 atom stereocenters. The van der Waals surface area contributed by atoms with Crippen molar-refractivity contribution in [1.82, 2.24) is 25.5 Å². The summed E-state index contributed by atoms with van der Waals surface area (Å²) in [6.45, 7) is 0.214. The minimum absolute atomic E-state index is 0.0748. The zero-order valence-electron chi connectivity index (χ0n) is 19.7. The van der Waals surface area contributed by atoms with Gasteiger partial charge in [0.05, 0.1) is 24.7 Å². The van der Waals surface area contributed by atoms with Gasteiger partial charge in [0.2, 0.25) is 0 Å². The van der Waals surface area contributed by atoms with Crippen molar-refractivity contribution in [3.05, 3.63) is 93.8 Å². The minimum Gasteiger partial charge on any atom is -0.497 e. The molecule has 0 bridgehead atoms. The van der Waals surface area contributed by atoms with E-state index in [9.17, 15) is 19.2 Å². The van der Waals surface area contributed by atoms with E-state index in [1.807, 2.05) is 18.2 Å². The molecule has 10 heteroatoms. The van der Waals surface area contributed by atoms with Crippen molar-refractivity contribution in [2.45, 2.75) is 12.1 Å². The second-order valence-electron chi connectivity index (χ2n) is 9.01. The Bertz CT molecular complexity index is 1660. The largest absolute Gasteiger partial charge is 0.497 e. The summed E-state index contributed by atoms with van der Waals surface area (Å²) in [4.78, 5) is 60.0. The first kappa shape index (κ1) is 22.5. The number of methoxy groups -OCH3 is 1. The van der Waals surface area contributed by atoms with E-state index in [2.05, 4.69) is 20.6 Å². The van der Waals surface area contributed by atoms with Crippen molar-refractivity contribution >= 4 is 28.9 Å². The quantitative estimate of drug-likeness (QED) is 0.364. The van der Waals surface area contributed by atoms with Crippen molar-refractivity contribution < 1.29 is 19.1 Å². The van der Waals surface area contributed by atoms with Crippen molar-refractivity contribution in [3.63, 3.8) is 0 Å². The van der Waals surface area contributed by atoms with E-state index in [4.69, 9.17) is 4.74 Å². The Morgan fingerprint density at radius 2 is 1.78 bits per heavy atom. The molecule has 1 fully saturated rings. The molecule has 0 saturated carbocycles. The molecule has 4 aromatic rings. The van der Waals surface area contributed by atoms with E-state index in [1.54, 1.807) is 48.5 Å². The highest BCUT2D eigenvalue weighted by molar-refractivity contribution is 6.08. The highest BCUT2D eigenvalue weighted by Crippen LogP contribution is 2.33. The van der Waals surface area contributed by atoms with Gasteiger partial charge in [-0.05, 0) is 35.4 Å². The van der Waals surface area contributed by atoms with Crippen LogP contribution in [0.1, 0.15) is 21.5 Å². The predicted molar refractivity (Wildman–Crippen MR) is 134 cm³/mol. The average molecular weight is 495 g/mol. The van der Waals surface area contributed by atoms with Crippen LogP contribution in [0, 0.1) is 0 Å². The van der Waals surface area contributed by atoms with Crippen molar-refractivity contribution in [3.8, 4) is 17.0 Å².